The van der Waals surface area contributed by atoms with E-state index in [0.717, 1.165) is 32.1 Å². The summed E-state index contributed by atoms with van der Waals surface area (Å²) in [6, 6.07) is 1.68. The van der Waals surface area contributed by atoms with Crippen LogP contribution in [0.4, 0.5) is 5.69 Å². The van der Waals surface area contributed by atoms with Crippen LogP contribution < -0.4 is 10.6 Å². The van der Waals surface area contributed by atoms with Gasteiger partial charge in [-0.15, -0.1) is 0 Å². The van der Waals surface area contributed by atoms with Crippen LogP contribution in [0.25, 0.3) is 0 Å². The highest BCUT2D eigenvalue weighted by atomic mass is 16.7. The van der Waals surface area contributed by atoms with Gasteiger partial charge in [-0.1, -0.05) is 68.7 Å². The van der Waals surface area contributed by atoms with Gasteiger partial charge in [-0.05, 0) is 56.7 Å². The quantitative estimate of drug-likeness (QED) is 0.0818. The highest BCUT2D eigenvalue weighted by molar-refractivity contribution is 5.93. The molecule has 57 heavy (non-hydrogen) atoms. The third-order valence-electron chi connectivity index (χ3n) is 10.8. The maximum atomic E-state index is 13.6. The van der Waals surface area contributed by atoms with E-state index in [9.17, 15) is 45.0 Å². The number of hydrogen-bond acceptors (Lipinski definition) is 13. The van der Waals surface area contributed by atoms with Crippen LogP contribution in [0.5, 0.6) is 11.5 Å². The largest absolute Gasteiger partial charge is 0.508 e. The van der Waals surface area contributed by atoms with Gasteiger partial charge < -0.3 is 60.2 Å². The van der Waals surface area contributed by atoms with Crippen LogP contribution in [0.3, 0.4) is 0 Å². The summed E-state index contributed by atoms with van der Waals surface area (Å²) in [6.45, 7) is 4.42. The summed E-state index contributed by atoms with van der Waals surface area (Å²) in [5.41, 5.74) is 0.948. The molecule has 4 rings (SSSR count). The topological polar surface area (TPSA) is 234 Å². The molecule has 0 radical (unpaired) electrons. The van der Waals surface area contributed by atoms with Crippen molar-refractivity contribution in [2.24, 2.45) is 11.8 Å². The molecule has 2 amide bonds. The van der Waals surface area contributed by atoms with Gasteiger partial charge in [0.05, 0.1) is 30.9 Å². The lowest BCUT2D eigenvalue weighted by molar-refractivity contribution is -0.312. The molecule has 8 N–H and O–H groups in total. The molecule has 15 heteroatoms. The first-order valence-electron chi connectivity index (χ1n) is 19.7. The number of aromatic hydroxyl groups is 2. The summed E-state index contributed by atoms with van der Waals surface area (Å²) in [5.74, 6) is -2.54. The summed E-state index contributed by atoms with van der Waals surface area (Å²) in [7, 11) is 1.46. The third kappa shape index (κ3) is 13.0. The number of aryl methyl sites for hydroxylation is 1. The fourth-order valence-corrected chi connectivity index (χ4v) is 7.30. The van der Waals surface area contributed by atoms with E-state index in [-0.39, 0.29) is 54.7 Å². The Labute approximate surface area is 334 Å². The van der Waals surface area contributed by atoms with Gasteiger partial charge in [0.15, 0.2) is 6.29 Å². The van der Waals surface area contributed by atoms with Crippen LogP contribution in [0, 0.1) is 11.8 Å². The van der Waals surface area contributed by atoms with E-state index in [0.29, 0.717) is 11.1 Å². The van der Waals surface area contributed by atoms with E-state index in [1.807, 2.05) is 0 Å². The second-order valence-electron chi connectivity index (χ2n) is 15.1. The predicted octanol–water partition coefficient (Wildman–Crippen LogP) is 3.21. The first kappa shape index (κ1) is 45.6. The number of methoxy groups -OCH3 is 1. The molecule has 1 aliphatic carbocycles. The van der Waals surface area contributed by atoms with Crippen molar-refractivity contribution >= 4 is 23.5 Å². The fourth-order valence-electron chi connectivity index (χ4n) is 7.30. The molecule has 2 heterocycles. The number of phenolic OH excluding ortho intramolecular Hbond substituents is 2. The Morgan fingerprint density at radius 3 is 2.44 bits per heavy atom. The van der Waals surface area contributed by atoms with E-state index in [1.165, 1.54) is 19.2 Å². The van der Waals surface area contributed by atoms with Crippen molar-refractivity contribution in [3.63, 3.8) is 0 Å². The Hall–Kier alpha value is -4.09. The smallest absolute Gasteiger partial charge is 0.328 e. The zero-order valence-corrected chi connectivity index (χ0v) is 33.2. The van der Waals surface area contributed by atoms with Gasteiger partial charge in [0.25, 0.3) is 0 Å². The van der Waals surface area contributed by atoms with Gasteiger partial charge in [0.2, 0.25) is 11.8 Å². The van der Waals surface area contributed by atoms with Crippen molar-refractivity contribution in [2.75, 3.05) is 19.0 Å². The minimum Gasteiger partial charge on any atom is -0.508 e. The molecule has 316 valence electrons. The molecule has 15 nitrogen and oxygen atoms in total. The molecule has 0 aromatic heterocycles. The van der Waals surface area contributed by atoms with Crippen molar-refractivity contribution in [1.82, 2.24) is 5.32 Å². The summed E-state index contributed by atoms with van der Waals surface area (Å²) in [5, 5.41) is 68.8. The van der Waals surface area contributed by atoms with Crippen LogP contribution in [-0.4, -0.2) is 117 Å². The first-order chi connectivity index (χ1) is 27.2. The molecule has 2 bridgehead atoms. The normalized spacial score (nSPS) is 32.9. The van der Waals surface area contributed by atoms with Crippen LogP contribution in [0.15, 0.2) is 60.2 Å². The second kappa shape index (κ2) is 22.2. The summed E-state index contributed by atoms with van der Waals surface area (Å²) in [4.78, 5) is 39.5. The fraction of sp³-hybridized carbons (Fsp3) is 0.595. The molecule has 1 aromatic carbocycles. The Morgan fingerprint density at radius 2 is 1.74 bits per heavy atom. The van der Waals surface area contributed by atoms with E-state index >= 15 is 0 Å². The number of aliphatic hydroxyl groups is 4. The molecule has 1 saturated heterocycles. The SMILES string of the molecule is CO[C@H]1/C=C/C=C/C=C/C[C@H](OC(=O)[C@@H](C)NC(=O)C2CCCCC2)[C@H](C)[C@@H](O[C@@H]2O[C@H](CO)[C@@H](O)[C@H](O)[C@H]2O)/C(C)=C\CCc2cc(O)cc(c2O)NC(=O)C1. The van der Waals surface area contributed by atoms with Crippen LogP contribution in [-0.2, 0) is 39.8 Å². The molecule has 3 aliphatic rings. The number of nitrogens with one attached hydrogen (secondary N) is 2. The number of aliphatic hydroxyl groups excluding tert-OH is 4. The summed E-state index contributed by atoms with van der Waals surface area (Å²) < 4.78 is 23.6. The third-order valence-corrected chi connectivity index (χ3v) is 10.8. The number of fused-ring (bicyclic) bond motifs is 2. The van der Waals surface area contributed by atoms with Crippen molar-refractivity contribution in [3.8, 4) is 11.5 Å². The molecule has 0 unspecified atom stereocenters. The Balaban J connectivity index is 1.70. The number of carbonyl (C=O) groups excluding carboxylic acids is 3. The molecule has 10 atom stereocenters. The number of amides is 2. The molecular formula is C42H60N2O13. The first-order valence-corrected chi connectivity index (χ1v) is 19.7. The highest BCUT2D eigenvalue weighted by Gasteiger charge is 2.46. The monoisotopic (exact) mass is 800 g/mol. The maximum Gasteiger partial charge on any atom is 0.328 e. The van der Waals surface area contributed by atoms with Gasteiger partial charge in [0.1, 0.15) is 48.1 Å². The Kier molecular flexibility index (Phi) is 17.7. The molecule has 2 aliphatic heterocycles. The standard InChI is InChI=1S/C42H60N2O13/c1-24-14-13-17-28-20-29(46)21-31(35(28)48)44-34(47)22-30(54-4)18-11-6-5-7-12-19-32(55-41(53)26(3)43-40(52)27-15-9-8-10-16-27)25(2)39(24)57-42-38(51)37(50)36(49)33(23-45)56-42/h5-7,11-12,14,18,20-21,25-27,30,32-33,36-39,42,45-46,48-51H,8-10,13,15-17,19,22-23H2,1-4H3,(H,43,52)(H,44,47)/b6-5+,12-7+,18-11+,24-14-/t25-,26+,30-,32-,33+,36+,37-,38+,39-,42-/m0/s1. The predicted molar refractivity (Wildman–Crippen MR) is 210 cm³/mol. The molecule has 1 aromatic rings. The minimum atomic E-state index is -1.71. The second-order valence-corrected chi connectivity index (χ2v) is 15.1. The van der Waals surface area contributed by atoms with Gasteiger partial charge in [-0.3, -0.25) is 9.59 Å². The lowest BCUT2D eigenvalue weighted by Crippen LogP contribution is -2.60. The Morgan fingerprint density at radius 1 is 1.02 bits per heavy atom. The number of hydrogen-bond donors (Lipinski definition) is 8. The number of allylic oxidation sites excluding steroid dienone is 5. The molecular weight excluding hydrogens is 740 g/mol. The van der Waals surface area contributed by atoms with E-state index in [1.54, 1.807) is 63.3 Å². The van der Waals surface area contributed by atoms with E-state index in [2.05, 4.69) is 10.6 Å². The zero-order chi connectivity index (χ0) is 41.6. The number of benzene rings is 1. The average molecular weight is 801 g/mol. The minimum absolute atomic E-state index is 0.0247. The van der Waals surface area contributed by atoms with Crippen LogP contribution >= 0.6 is 0 Å². The van der Waals surface area contributed by atoms with Crippen molar-refractivity contribution in [3.05, 3.63) is 65.8 Å². The van der Waals surface area contributed by atoms with Crippen LogP contribution in [0.1, 0.15) is 77.7 Å². The van der Waals surface area contributed by atoms with Gasteiger partial charge in [-0.25, -0.2) is 4.79 Å². The number of rotatable bonds is 8. The lowest BCUT2D eigenvalue weighted by atomic mass is 9.88. The van der Waals surface area contributed by atoms with Gasteiger partial charge in [-0.2, -0.15) is 0 Å². The van der Waals surface area contributed by atoms with Gasteiger partial charge in [0, 0.05) is 31.4 Å². The number of phenols is 2. The molecule has 2 fully saturated rings. The maximum absolute atomic E-state index is 13.6. The summed E-state index contributed by atoms with van der Waals surface area (Å²) in [6.07, 6.45) is 7.11. The Bertz CT molecular complexity index is 1620. The zero-order valence-electron chi connectivity index (χ0n) is 33.2. The average Bonchev–Trinajstić information content (AvgIpc) is 3.19. The number of carbonyl (C=O) groups is 3. The van der Waals surface area contributed by atoms with Gasteiger partial charge >= 0.3 is 5.97 Å². The molecule has 1 saturated carbocycles. The van der Waals surface area contributed by atoms with E-state index < -0.39 is 79.5 Å². The van der Waals surface area contributed by atoms with Crippen molar-refractivity contribution in [2.45, 2.75) is 134 Å². The van der Waals surface area contributed by atoms with Crippen molar-refractivity contribution in [1.29, 1.82) is 0 Å². The highest BCUT2D eigenvalue weighted by Crippen LogP contribution is 2.35. The summed E-state index contributed by atoms with van der Waals surface area (Å²) >= 11 is 0. The van der Waals surface area contributed by atoms with E-state index in [4.69, 9.17) is 18.9 Å². The number of anilines is 1. The molecule has 0 spiro atoms. The lowest BCUT2D eigenvalue weighted by Gasteiger charge is -2.42. The van der Waals surface area contributed by atoms with Crippen molar-refractivity contribution < 1.29 is 64.0 Å². The van der Waals surface area contributed by atoms with Crippen LogP contribution in [0.2, 0.25) is 0 Å². The number of ether oxygens (including phenoxy) is 4. The number of esters is 1.